The van der Waals surface area contributed by atoms with Gasteiger partial charge in [-0.15, -0.1) is 27.8 Å². The van der Waals surface area contributed by atoms with Gasteiger partial charge in [0.2, 0.25) is 0 Å². The van der Waals surface area contributed by atoms with Gasteiger partial charge in [0.25, 0.3) is 11.8 Å². The van der Waals surface area contributed by atoms with Gasteiger partial charge in [-0.1, -0.05) is 6.07 Å². The Labute approximate surface area is 160 Å². The number of rotatable bonds is 7. The summed E-state index contributed by atoms with van der Waals surface area (Å²) in [6, 6.07) is 7.08. The Kier molecular flexibility index (Phi) is 5.80. The summed E-state index contributed by atoms with van der Waals surface area (Å²) in [5.74, 6) is -1.71. The standard InChI is InChI=1S/C16H12N4O5S2/c17-8-10-4-7-27-15(10)18-12(21)9-24-13(22)3-5-20-16(23)25-14(19-20)11-2-1-6-26-11/h1-2,4,6-7H,3,5,9H2,(H,18,21). The van der Waals surface area contributed by atoms with Crippen LogP contribution in [0.2, 0.25) is 0 Å². The van der Waals surface area contributed by atoms with Gasteiger partial charge < -0.3 is 14.5 Å². The molecule has 138 valence electrons. The molecule has 0 unspecified atom stereocenters. The first-order chi connectivity index (χ1) is 13.1. The summed E-state index contributed by atoms with van der Waals surface area (Å²) in [6.07, 6.45) is -0.147. The van der Waals surface area contributed by atoms with Gasteiger partial charge in [-0.25, -0.2) is 4.79 Å². The molecule has 3 rings (SSSR count). The third-order valence-corrected chi connectivity index (χ3v) is 4.96. The zero-order valence-electron chi connectivity index (χ0n) is 13.7. The zero-order valence-corrected chi connectivity index (χ0v) is 15.3. The number of nitrogens with zero attached hydrogens (tertiary/aromatic N) is 3. The van der Waals surface area contributed by atoms with Gasteiger partial charge in [-0.05, 0) is 22.9 Å². The number of hydrogen-bond donors (Lipinski definition) is 1. The minimum atomic E-state index is -0.675. The van der Waals surface area contributed by atoms with E-state index >= 15 is 0 Å². The molecule has 0 saturated carbocycles. The summed E-state index contributed by atoms with van der Waals surface area (Å²) < 4.78 is 10.9. The number of thiophene rings is 2. The lowest BCUT2D eigenvalue weighted by atomic mass is 10.3. The smallest absolute Gasteiger partial charge is 0.437 e. The third-order valence-electron chi connectivity index (χ3n) is 3.27. The Morgan fingerprint density at radius 1 is 1.33 bits per heavy atom. The molecule has 0 aliphatic heterocycles. The van der Waals surface area contributed by atoms with Gasteiger partial charge in [0.1, 0.15) is 11.1 Å². The van der Waals surface area contributed by atoms with Crippen molar-refractivity contribution in [3.05, 3.63) is 45.1 Å². The van der Waals surface area contributed by atoms with Crippen molar-refractivity contribution in [1.29, 1.82) is 5.26 Å². The van der Waals surface area contributed by atoms with Gasteiger partial charge in [0.05, 0.1) is 23.4 Å². The number of ether oxygens (including phenoxy) is 1. The second-order valence-electron chi connectivity index (χ2n) is 5.11. The average Bonchev–Trinajstić information content (AvgIpc) is 3.39. The molecule has 1 amide bonds. The number of hydrogen-bond acceptors (Lipinski definition) is 9. The number of aryl methyl sites for hydroxylation is 1. The van der Waals surface area contributed by atoms with E-state index in [-0.39, 0.29) is 18.9 Å². The molecule has 0 atom stereocenters. The molecule has 0 aliphatic carbocycles. The Morgan fingerprint density at radius 3 is 2.93 bits per heavy atom. The molecule has 0 saturated heterocycles. The summed E-state index contributed by atoms with van der Waals surface area (Å²) in [4.78, 5) is 36.0. The number of amides is 1. The quantitative estimate of drug-likeness (QED) is 0.597. The van der Waals surface area contributed by atoms with Crippen molar-refractivity contribution in [2.24, 2.45) is 0 Å². The number of nitrogens with one attached hydrogen (secondary N) is 1. The Hall–Kier alpha value is -3.23. The molecule has 1 N–H and O–H groups in total. The molecule has 9 nitrogen and oxygen atoms in total. The van der Waals surface area contributed by atoms with E-state index in [1.165, 1.54) is 22.7 Å². The maximum atomic E-state index is 11.8. The SMILES string of the molecule is N#Cc1ccsc1NC(=O)COC(=O)CCn1nc(-c2cccs2)oc1=O. The van der Waals surface area contributed by atoms with Crippen molar-refractivity contribution in [1.82, 2.24) is 9.78 Å². The minimum absolute atomic E-state index is 0.0301. The minimum Gasteiger partial charge on any atom is -0.456 e. The van der Waals surface area contributed by atoms with Gasteiger partial charge >= 0.3 is 11.7 Å². The fourth-order valence-electron chi connectivity index (χ4n) is 2.02. The van der Waals surface area contributed by atoms with E-state index in [0.717, 1.165) is 4.68 Å². The lowest BCUT2D eigenvalue weighted by molar-refractivity contribution is -0.147. The number of aromatic nitrogens is 2. The number of esters is 1. The summed E-state index contributed by atoms with van der Waals surface area (Å²) in [5, 5.41) is 19.3. The molecule has 0 aliphatic rings. The second-order valence-corrected chi connectivity index (χ2v) is 6.97. The molecule has 0 radical (unpaired) electrons. The van der Waals surface area contributed by atoms with Crippen LogP contribution in [0, 0.1) is 11.3 Å². The first-order valence-electron chi connectivity index (χ1n) is 7.61. The van der Waals surface area contributed by atoms with Crippen LogP contribution < -0.4 is 11.1 Å². The Bertz CT molecular complexity index is 1040. The van der Waals surface area contributed by atoms with Crippen LogP contribution in [0.3, 0.4) is 0 Å². The monoisotopic (exact) mass is 404 g/mol. The van der Waals surface area contributed by atoms with Crippen molar-refractivity contribution in [3.63, 3.8) is 0 Å². The van der Waals surface area contributed by atoms with Crippen LogP contribution in [0.4, 0.5) is 5.00 Å². The highest BCUT2D eigenvalue weighted by Gasteiger charge is 2.14. The Balaban J connectivity index is 1.47. The van der Waals surface area contributed by atoms with Gasteiger partial charge in [0, 0.05) is 0 Å². The average molecular weight is 404 g/mol. The second kappa shape index (κ2) is 8.43. The van der Waals surface area contributed by atoms with Crippen LogP contribution in [-0.2, 0) is 20.9 Å². The summed E-state index contributed by atoms with van der Waals surface area (Å²) in [6.45, 7) is -0.520. The molecule has 0 bridgehead atoms. The summed E-state index contributed by atoms with van der Waals surface area (Å²) in [7, 11) is 0. The van der Waals surface area contributed by atoms with Crippen LogP contribution >= 0.6 is 22.7 Å². The molecular weight excluding hydrogens is 392 g/mol. The van der Waals surface area contributed by atoms with E-state index in [1.54, 1.807) is 23.6 Å². The molecule has 27 heavy (non-hydrogen) atoms. The first kappa shape index (κ1) is 18.6. The molecule has 0 fully saturated rings. The summed E-state index contributed by atoms with van der Waals surface area (Å²) >= 11 is 2.57. The topological polar surface area (TPSA) is 127 Å². The van der Waals surface area contributed by atoms with Crippen LogP contribution in [0.25, 0.3) is 10.8 Å². The van der Waals surface area contributed by atoms with Crippen molar-refractivity contribution >= 4 is 39.6 Å². The van der Waals surface area contributed by atoms with Crippen LogP contribution in [0.5, 0.6) is 0 Å². The lowest BCUT2D eigenvalue weighted by Crippen LogP contribution is -2.23. The zero-order chi connectivity index (χ0) is 19.2. The van der Waals surface area contributed by atoms with E-state index in [1.807, 2.05) is 11.4 Å². The predicted molar refractivity (Wildman–Crippen MR) is 97.3 cm³/mol. The van der Waals surface area contributed by atoms with Gasteiger partial charge in [0.15, 0.2) is 6.61 Å². The molecule has 3 aromatic heterocycles. The maximum Gasteiger partial charge on any atom is 0.437 e. The number of nitriles is 1. The molecule has 0 aromatic carbocycles. The highest BCUT2D eigenvalue weighted by Crippen LogP contribution is 2.22. The van der Waals surface area contributed by atoms with E-state index in [0.29, 0.717) is 15.4 Å². The highest BCUT2D eigenvalue weighted by atomic mass is 32.1. The fraction of sp³-hybridized carbons (Fsp3) is 0.188. The van der Waals surface area contributed by atoms with Crippen molar-refractivity contribution < 1.29 is 18.7 Å². The van der Waals surface area contributed by atoms with E-state index in [9.17, 15) is 14.4 Å². The van der Waals surface area contributed by atoms with Crippen LogP contribution in [-0.4, -0.2) is 28.3 Å². The largest absolute Gasteiger partial charge is 0.456 e. The van der Waals surface area contributed by atoms with E-state index in [4.69, 9.17) is 14.4 Å². The first-order valence-corrected chi connectivity index (χ1v) is 9.37. The predicted octanol–water partition coefficient (Wildman–Crippen LogP) is 2.07. The highest BCUT2D eigenvalue weighted by molar-refractivity contribution is 7.14. The Morgan fingerprint density at radius 2 is 2.19 bits per heavy atom. The molecule has 0 spiro atoms. The maximum absolute atomic E-state index is 11.8. The lowest BCUT2D eigenvalue weighted by Gasteiger charge is -2.05. The van der Waals surface area contributed by atoms with Crippen molar-refractivity contribution in [2.45, 2.75) is 13.0 Å². The number of carbonyl (C=O) groups excluding carboxylic acids is 2. The molecular formula is C16H12N4O5S2. The molecule has 3 heterocycles. The van der Waals surface area contributed by atoms with Crippen LogP contribution in [0.1, 0.15) is 12.0 Å². The van der Waals surface area contributed by atoms with Crippen molar-refractivity contribution in [3.8, 4) is 16.8 Å². The van der Waals surface area contributed by atoms with Crippen LogP contribution in [0.15, 0.2) is 38.2 Å². The van der Waals surface area contributed by atoms with E-state index in [2.05, 4.69) is 10.4 Å². The molecule has 11 heteroatoms. The van der Waals surface area contributed by atoms with E-state index < -0.39 is 24.2 Å². The fourth-order valence-corrected chi connectivity index (χ4v) is 3.42. The summed E-state index contributed by atoms with van der Waals surface area (Å²) in [5.41, 5.74) is 0.339. The van der Waals surface area contributed by atoms with Crippen molar-refractivity contribution in [2.75, 3.05) is 11.9 Å². The van der Waals surface area contributed by atoms with Gasteiger partial charge in [-0.2, -0.15) is 9.94 Å². The van der Waals surface area contributed by atoms with Gasteiger partial charge in [-0.3, -0.25) is 9.59 Å². The molecule has 3 aromatic rings. The normalized spacial score (nSPS) is 10.3. The number of carbonyl (C=O) groups is 2. The third kappa shape index (κ3) is 4.69. The number of anilines is 1.